The van der Waals surface area contributed by atoms with Gasteiger partial charge in [-0.3, -0.25) is 4.79 Å². The topological polar surface area (TPSA) is 186 Å². The molecule has 13 heteroatoms. The number of rotatable bonds is 22. The first-order valence-electron chi connectivity index (χ1n) is 22.5. The van der Waals surface area contributed by atoms with Gasteiger partial charge in [0.1, 0.15) is 53.7 Å². The summed E-state index contributed by atoms with van der Waals surface area (Å²) >= 11 is 0. The summed E-state index contributed by atoms with van der Waals surface area (Å²) in [5, 5.41) is 55.1. The SMILES string of the molecule is CCO[C@@H]1C(C)C(O)OC(CO)[C@@H]1O[C@@H]1OC(CO)[C@H](O)[C@H](O)C1NC(=O)COc1c(C)c(C)c2c(c1C)CC[C@@](C)(CCC[C@H](C)CCC[C@H](C)CCCC(C)C)O2. The molecule has 13 atom stereocenters. The van der Waals surface area contributed by atoms with Crippen LogP contribution in [-0.2, 0) is 30.2 Å². The van der Waals surface area contributed by atoms with E-state index in [9.17, 15) is 30.3 Å². The number of hydrogen-bond acceptors (Lipinski definition) is 12. The lowest BCUT2D eigenvalue weighted by Crippen LogP contribution is -2.67. The summed E-state index contributed by atoms with van der Waals surface area (Å²) in [6.07, 6.45) is 3.19. The molecule has 0 saturated carbocycles. The molecule has 3 heterocycles. The Morgan fingerprint density at radius 2 is 1.47 bits per heavy atom. The average molecular weight is 838 g/mol. The molecule has 3 aliphatic rings. The molecule has 1 amide bonds. The van der Waals surface area contributed by atoms with Crippen molar-refractivity contribution in [1.29, 1.82) is 0 Å². The van der Waals surface area contributed by atoms with Crippen molar-refractivity contribution in [2.75, 3.05) is 26.4 Å². The van der Waals surface area contributed by atoms with Crippen molar-refractivity contribution in [2.45, 2.75) is 201 Å². The fraction of sp³-hybridized carbons (Fsp3) is 0.848. The van der Waals surface area contributed by atoms with Crippen molar-refractivity contribution in [3.8, 4) is 11.5 Å². The number of fused-ring (bicyclic) bond motifs is 1. The zero-order valence-electron chi connectivity index (χ0n) is 37.7. The van der Waals surface area contributed by atoms with Crippen LogP contribution in [0.5, 0.6) is 11.5 Å². The van der Waals surface area contributed by atoms with E-state index in [2.05, 4.69) is 39.9 Å². The summed E-state index contributed by atoms with van der Waals surface area (Å²) in [5.41, 5.74) is 3.59. The smallest absolute Gasteiger partial charge is 0.258 e. The van der Waals surface area contributed by atoms with Crippen LogP contribution in [0.15, 0.2) is 0 Å². The summed E-state index contributed by atoms with van der Waals surface area (Å²) < 4.78 is 36.6. The molecule has 0 bridgehead atoms. The van der Waals surface area contributed by atoms with Gasteiger partial charge >= 0.3 is 0 Å². The molecule has 0 aromatic heterocycles. The highest BCUT2D eigenvalue weighted by molar-refractivity contribution is 5.78. The first-order valence-corrected chi connectivity index (χ1v) is 22.5. The molecule has 1 aromatic rings. The quantitative estimate of drug-likeness (QED) is 0.0855. The number of nitrogens with one attached hydrogen (secondary N) is 1. The highest BCUT2D eigenvalue weighted by Crippen LogP contribution is 2.45. The molecule has 1 aromatic carbocycles. The fourth-order valence-corrected chi connectivity index (χ4v) is 9.15. The third-order valence-electron chi connectivity index (χ3n) is 13.2. The minimum atomic E-state index is -1.59. The van der Waals surface area contributed by atoms with Gasteiger partial charge in [-0.1, -0.05) is 79.6 Å². The summed E-state index contributed by atoms with van der Waals surface area (Å²) in [6, 6.07) is -1.30. The molecule has 5 unspecified atom stereocenters. The maximum absolute atomic E-state index is 13.5. The minimum Gasteiger partial charge on any atom is -0.487 e. The second kappa shape index (κ2) is 22.9. The number of ether oxygens (including phenoxy) is 6. The molecular formula is C46H79NO12. The van der Waals surface area contributed by atoms with Crippen LogP contribution in [0.2, 0.25) is 0 Å². The van der Waals surface area contributed by atoms with E-state index in [-0.39, 0.29) is 12.2 Å². The van der Waals surface area contributed by atoms with Gasteiger partial charge in [0.15, 0.2) is 19.2 Å². The Morgan fingerprint density at radius 3 is 2.08 bits per heavy atom. The monoisotopic (exact) mass is 838 g/mol. The second-order valence-electron chi connectivity index (χ2n) is 18.6. The average Bonchev–Trinajstić information content (AvgIpc) is 3.19. The Hall–Kier alpha value is -2.07. The van der Waals surface area contributed by atoms with Crippen molar-refractivity contribution >= 4 is 5.91 Å². The lowest BCUT2D eigenvalue weighted by molar-refractivity contribution is -0.337. The van der Waals surface area contributed by atoms with Gasteiger partial charge in [0.05, 0.1) is 19.3 Å². The fourth-order valence-electron chi connectivity index (χ4n) is 9.15. The van der Waals surface area contributed by atoms with Crippen LogP contribution >= 0.6 is 0 Å². The summed E-state index contributed by atoms with van der Waals surface area (Å²) in [5.74, 6) is 2.64. The predicted molar refractivity (Wildman–Crippen MR) is 225 cm³/mol. The van der Waals surface area contributed by atoms with Crippen LogP contribution in [0, 0.1) is 44.4 Å². The Morgan fingerprint density at radius 1 is 0.847 bits per heavy atom. The Bertz CT molecular complexity index is 1460. The molecule has 0 spiro atoms. The molecule has 59 heavy (non-hydrogen) atoms. The van der Waals surface area contributed by atoms with Crippen LogP contribution < -0.4 is 14.8 Å². The zero-order valence-corrected chi connectivity index (χ0v) is 37.7. The van der Waals surface area contributed by atoms with E-state index < -0.39 is 86.9 Å². The molecule has 340 valence electrons. The van der Waals surface area contributed by atoms with E-state index in [0.717, 1.165) is 65.5 Å². The first kappa shape index (κ1) is 49.6. The van der Waals surface area contributed by atoms with Crippen LogP contribution in [0.25, 0.3) is 0 Å². The van der Waals surface area contributed by atoms with Gasteiger partial charge in [-0.15, -0.1) is 0 Å². The highest BCUT2D eigenvalue weighted by atomic mass is 16.7. The normalized spacial score (nSPS) is 32.0. The molecule has 4 rings (SSSR count). The van der Waals surface area contributed by atoms with Crippen molar-refractivity contribution in [3.05, 3.63) is 22.3 Å². The van der Waals surface area contributed by atoms with Gasteiger partial charge in [-0.25, -0.2) is 0 Å². The Labute approximate surface area is 353 Å². The molecule has 0 aliphatic carbocycles. The number of hydrogen-bond donors (Lipinski definition) is 6. The molecule has 0 radical (unpaired) electrons. The highest BCUT2D eigenvalue weighted by Gasteiger charge is 2.51. The number of carbonyl (C=O) groups is 1. The van der Waals surface area contributed by atoms with Crippen molar-refractivity contribution in [3.63, 3.8) is 0 Å². The van der Waals surface area contributed by atoms with E-state index in [1.54, 1.807) is 13.8 Å². The molecular weight excluding hydrogens is 759 g/mol. The van der Waals surface area contributed by atoms with Crippen molar-refractivity contribution in [2.24, 2.45) is 23.7 Å². The number of benzene rings is 1. The van der Waals surface area contributed by atoms with Gasteiger partial charge in [0.2, 0.25) is 0 Å². The van der Waals surface area contributed by atoms with E-state index in [1.165, 1.54) is 44.9 Å². The number of aliphatic hydroxyl groups is 5. The lowest BCUT2D eigenvalue weighted by Gasteiger charge is -2.48. The van der Waals surface area contributed by atoms with Crippen LogP contribution in [0.3, 0.4) is 0 Å². The summed E-state index contributed by atoms with van der Waals surface area (Å²) in [4.78, 5) is 13.5. The number of amides is 1. The Balaban J connectivity index is 1.36. The van der Waals surface area contributed by atoms with Gasteiger partial charge in [-0.2, -0.15) is 0 Å². The van der Waals surface area contributed by atoms with Gasteiger partial charge in [-0.05, 0) is 94.7 Å². The molecule has 2 fully saturated rings. The van der Waals surface area contributed by atoms with Crippen LogP contribution in [0.4, 0.5) is 0 Å². The predicted octanol–water partition coefficient (Wildman–Crippen LogP) is 5.57. The second-order valence-corrected chi connectivity index (χ2v) is 18.6. The molecule has 13 nitrogen and oxygen atoms in total. The van der Waals surface area contributed by atoms with Gasteiger partial charge < -0.3 is 59.3 Å². The van der Waals surface area contributed by atoms with Crippen LogP contribution in [-0.4, -0.2) is 119 Å². The van der Waals surface area contributed by atoms with Crippen molar-refractivity contribution < 1.29 is 58.7 Å². The van der Waals surface area contributed by atoms with E-state index in [1.807, 2.05) is 20.8 Å². The van der Waals surface area contributed by atoms with Gasteiger partial charge in [0, 0.05) is 18.1 Å². The molecule has 2 saturated heterocycles. The Kier molecular flexibility index (Phi) is 19.2. The summed E-state index contributed by atoms with van der Waals surface area (Å²) in [6.45, 7) is 19.8. The summed E-state index contributed by atoms with van der Waals surface area (Å²) in [7, 11) is 0. The van der Waals surface area contributed by atoms with E-state index in [0.29, 0.717) is 11.7 Å². The third-order valence-corrected chi connectivity index (χ3v) is 13.2. The standard InChI is InChI=1S/C46H79NO12/c1-11-54-42-32(9)44(53)56-35(24-49)43(42)58-45-37(39(52)38(51)34(23-48)57-45)47-36(50)25-55-40-29(6)30(7)41-33(31(40)8)20-22-46(10,59-41)21-14-19-28(5)18-13-17-27(4)16-12-15-26(2)3/h26-28,32,34-35,37-39,42-45,48-49,51-53H,11-25H2,1-10H3,(H,47,50)/t27-,28-,32?,34?,35?,37?,38+,39-,42-,43+,44?,45+,46-/m1/s1. The van der Waals surface area contributed by atoms with Gasteiger partial charge in [0.25, 0.3) is 5.91 Å². The lowest BCUT2D eigenvalue weighted by atomic mass is 9.83. The number of aliphatic hydroxyl groups excluding tert-OH is 5. The van der Waals surface area contributed by atoms with Crippen molar-refractivity contribution in [1.82, 2.24) is 5.32 Å². The van der Waals surface area contributed by atoms with Crippen LogP contribution in [0.1, 0.15) is 135 Å². The molecule has 3 aliphatic heterocycles. The first-order chi connectivity index (χ1) is 27.9. The minimum absolute atomic E-state index is 0.258. The maximum Gasteiger partial charge on any atom is 0.258 e. The number of carbonyl (C=O) groups excluding carboxylic acids is 1. The van der Waals surface area contributed by atoms with E-state index >= 15 is 0 Å². The molecule has 6 N–H and O–H groups in total. The largest absolute Gasteiger partial charge is 0.487 e. The van der Waals surface area contributed by atoms with E-state index in [4.69, 9.17) is 28.4 Å². The maximum atomic E-state index is 13.5. The zero-order chi connectivity index (χ0) is 43.6. The third kappa shape index (κ3) is 13.0.